The van der Waals surface area contributed by atoms with Crippen LogP contribution in [0.1, 0.15) is 34.6 Å². The number of hydrogen-bond acceptors (Lipinski definition) is 1. The van der Waals surface area contributed by atoms with Crippen molar-refractivity contribution < 1.29 is 4.39 Å². The third-order valence-corrected chi connectivity index (χ3v) is 3.12. The Morgan fingerprint density at radius 2 is 1.77 bits per heavy atom. The molecule has 1 aliphatic heterocycles. The van der Waals surface area contributed by atoms with Gasteiger partial charge in [-0.15, -0.1) is 0 Å². The van der Waals surface area contributed by atoms with Crippen LogP contribution in [-0.4, -0.2) is 30.2 Å². The summed E-state index contributed by atoms with van der Waals surface area (Å²) < 4.78 is 13.7. The van der Waals surface area contributed by atoms with Crippen molar-refractivity contribution in [2.45, 2.75) is 46.8 Å². The highest BCUT2D eigenvalue weighted by molar-refractivity contribution is 4.91. The molecule has 2 unspecified atom stereocenters. The molecule has 1 rings (SSSR count). The molecule has 78 valence electrons. The molecular formula is C11H22FN. The van der Waals surface area contributed by atoms with E-state index in [1.54, 1.807) is 0 Å². The lowest BCUT2D eigenvalue weighted by Gasteiger charge is -2.28. The number of likely N-dealkylation sites (tertiary alicyclic amines) is 1. The fourth-order valence-electron chi connectivity index (χ4n) is 2.03. The van der Waals surface area contributed by atoms with Gasteiger partial charge in [0.1, 0.15) is 6.17 Å². The van der Waals surface area contributed by atoms with Crippen LogP contribution in [0.4, 0.5) is 4.39 Å². The van der Waals surface area contributed by atoms with E-state index >= 15 is 0 Å². The van der Waals surface area contributed by atoms with Crippen LogP contribution >= 0.6 is 0 Å². The van der Waals surface area contributed by atoms with Crippen molar-refractivity contribution in [3.8, 4) is 0 Å². The fourth-order valence-corrected chi connectivity index (χ4v) is 2.03. The zero-order valence-electron chi connectivity index (χ0n) is 9.47. The summed E-state index contributed by atoms with van der Waals surface area (Å²) in [7, 11) is 0. The van der Waals surface area contributed by atoms with Gasteiger partial charge in [-0.3, -0.25) is 4.90 Å². The Morgan fingerprint density at radius 3 is 2.00 bits per heavy atom. The Bertz CT molecular complexity index is 171. The first-order chi connectivity index (χ1) is 5.82. The molecule has 2 heteroatoms. The third kappa shape index (κ3) is 2.43. The van der Waals surface area contributed by atoms with Gasteiger partial charge in [0.05, 0.1) is 0 Å². The Balaban J connectivity index is 2.62. The number of halogens is 1. The minimum Gasteiger partial charge on any atom is -0.298 e. The molecule has 1 aliphatic rings. The van der Waals surface area contributed by atoms with Gasteiger partial charge in [-0.2, -0.15) is 0 Å². The second-order valence-electron chi connectivity index (χ2n) is 5.54. The summed E-state index contributed by atoms with van der Waals surface area (Å²) in [6, 6.07) is 0.477. The summed E-state index contributed by atoms with van der Waals surface area (Å²) in [5.74, 6) is 0.204. The predicted molar refractivity (Wildman–Crippen MR) is 54.6 cm³/mol. The topological polar surface area (TPSA) is 3.24 Å². The van der Waals surface area contributed by atoms with Crippen LogP contribution < -0.4 is 0 Å². The first-order valence-electron chi connectivity index (χ1n) is 5.20. The maximum absolute atomic E-state index is 13.7. The average molecular weight is 187 g/mol. The normalized spacial score (nSPS) is 31.6. The molecule has 0 aromatic rings. The SMILES string of the molecule is CC(C)N1CC(F)C(C(C)(C)C)C1. The maximum Gasteiger partial charge on any atom is 0.117 e. The monoisotopic (exact) mass is 187 g/mol. The summed E-state index contributed by atoms with van der Waals surface area (Å²) in [6.07, 6.45) is -0.637. The lowest BCUT2D eigenvalue weighted by atomic mass is 9.79. The second-order valence-corrected chi connectivity index (χ2v) is 5.54. The van der Waals surface area contributed by atoms with Crippen molar-refractivity contribution in [3.63, 3.8) is 0 Å². The quantitative estimate of drug-likeness (QED) is 0.610. The van der Waals surface area contributed by atoms with Gasteiger partial charge in [0.15, 0.2) is 0 Å². The van der Waals surface area contributed by atoms with Gasteiger partial charge in [-0.1, -0.05) is 20.8 Å². The van der Waals surface area contributed by atoms with Gasteiger partial charge in [0.2, 0.25) is 0 Å². The molecule has 0 saturated carbocycles. The van der Waals surface area contributed by atoms with Gasteiger partial charge in [0.25, 0.3) is 0 Å². The minimum absolute atomic E-state index is 0.100. The first-order valence-corrected chi connectivity index (χ1v) is 5.20. The van der Waals surface area contributed by atoms with Crippen molar-refractivity contribution in [3.05, 3.63) is 0 Å². The number of nitrogens with zero attached hydrogens (tertiary/aromatic N) is 1. The molecule has 0 bridgehead atoms. The molecule has 0 amide bonds. The second kappa shape index (κ2) is 3.56. The van der Waals surface area contributed by atoms with E-state index in [1.165, 1.54) is 0 Å². The molecule has 0 N–H and O–H groups in total. The van der Waals surface area contributed by atoms with Crippen molar-refractivity contribution in [2.75, 3.05) is 13.1 Å². The van der Waals surface area contributed by atoms with E-state index in [9.17, 15) is 4.39 Å². The van der Waals surface area contributed by atoms with Crippen LogP contribution in [-0.2, 0) is 0 Å². The molecule has 0 aromatic heterocycles. The van der Waals surface area contributed by atoms with Crippen LogP contribution in [0.5, 0.6) is 0 Å². The van der Waals surface area contributed by atoms with Crippen LogP contribution in [0.25, 0.3) is 0 Å². The van der Waals surface area contributed by atoms with Gasteiger partial charge >= 0.3 is 0 Å². The van der Waals surface area contributed by atoms with E-state index in [0.717, 1.165) is 6.54 Å². The fraction of sp³-hybridized carbons (Fsp3) is 1.00. The highest BCUT2D eigenvalue weighted by atomic mass is 19.1. The van der Waals surface area contributed by atoms with E-state index in [0.29, 0.717) is 12.6 Å². The summed E-state index contributed by atoms with van der Waals surface area (Å²) in [5.41, 5.74) is 0.100. The van der Waals surface area contributed by atoms with Crippen LogP contribution in [0, 0.1) is 11.3 Å². The van der Waals surface area contributed by atoms with E-state index in [4.69, 9.17) is 0 Å². The average Bonchev–Trinajstić information content (AvgIpc) is 2.29. The molecule has 2 atom stereocenters. The molecule has 1 heterocycles. The Labute approximate surface area is 81.3 Å². The van der Waals surface area contributed by atoms with Crippen LogP contribution in [0.3, 0.4) is 0 Å². The zero-order chi connectivity index (χ0) is 10.2. The molecule has 0 spiro atoms. The molecular weight excluding hydrogens is 165 g/mol. The van der Waals surface area contributed by atoms with Crippen molar-refractivity contribution in [1.29, 1.82) is 0 Å². The van der Waals surface area contributed by atoms with E-state index in [1.807, 2.05) is 0 Å². The molecule has 1 fully saturated rings. The van der Waals surface area contributed by atoms with Gasteiger partial charge < -0.3 is 0 Å². The van der Waals surface area contributed by atoms with Crippen LogP contribution in [0.15, 0.2) is 0 Å². The Morgan fingerprint density at radius 1 is 1.23 bits per heavy atom. The van der Waals surface area contributed by atoms with Gasteiger partial charge in [0, 0.05) is 25.0 Å². The predicted octanol–water partition coefficient (Wildman–Crippen LogP) is 2.71. The zero-order valence-corrected chi connectivity index (χ0v) is 9.47. The summed E-state index contributed by atoms with van der Waals surface area (Å²) >= 11 is 0. The van der Waals surface area contributed by atoms with E-state index in [2.05, 4.69) is 39.5 Å². The van der Waals surface area contributed by atoms with Gasteiger partial charge in [-0.05, 0) is 19.3 Å². The highest BCUT2D eigenvalue weighted by Crippen LogP contribution is 2.36. The first kappa shape index (κ1) is 11.0. The van der Waals surface area contributed by atoms with E-state index < -0.39 is 6.17 Å². The molecule has 1 nitrogen and oxygen atoms in total. The maximum atomic E-state index is 13.7. The number of rotatable bonds is 1. The standard InChI is InChI=1S/C11H22FN/c1-8(2)13-6-9(10(12)7-13)11(3,4)5/h8-10H,6-7H2,1-5H3. The van der Waals surface area contributed by atoms with E-state index in [-0.39, 0.29) is 11.3 Å². The molecule has 1 saturated heterocycles. The summed E-state index contributed by atoms with van der Waals surface area (Å²) in [4.78, 5) is 2.24. The Hall–Kier alpha value is -0.110. The largest absolute Gasteiger partial charge is 0.298 e. The summed E-state index contributed by atoms with van der Waals surface area (Å²) in [5, 5.41) is 0. The third-order valence-electron chi connectivity index (χ3n) is 3.12. The van der Waals surface area contributed by atoms with Gasteiger partial charge in [-0.25, -0.2) is 4.39 Å². The van der Waals surface area contributed by atoms with Crippen LogP contribution in [0.2, 0.25) is 0 Å². The lowest BCUT2D eigenvalue weighted by molar-refractivity contribution is 0.158. The summed E-state index contributed by atoms with van der Waals surface area (Å²) in [6.45, 7) is 12.2. The lowest BCUT2D eigenvalue weighted by Crippen LogP contribution is -2.31. The molecule has 0 aromatic carbocycles. The molecule has 0 aliphatic carbocycles. The Kier molecular flexibility index (Phi) is 3.01. The minimum atomic E-state index is -0.637. The van der Waals surface area contributed by atoms with Crippen molar-refractivity contribution >= 4 is 0 Å². The van der Waals surface area contributed by atoms with Crippen molar-refractivity contribution in [2.24, 2.45) is 11.3 Å². The van der Waals surface area contributed by atoms with Crippen molar-refractivity contribution in [1.82, 2.24) is 4.90 Å². The highest BCUT2D eigenvalue weighted by Gasteiger charge is 2.40. The molecule has 0 radical (unpaired) electrons. The number of alkyl halides is 1. The smallest absolute Gasteiger partial charge is 0.117 e. The molecule has 13 heavy (non-hydrogen) atoms. The number of hydrogen-bond donors (Lipinski definition) is 0.